The van der Waals surface area contributed by atoms with Gasteiger partial charge in [0, 0.05) is 13.1 Å². The van der Waals surface area contributed by atoms with Crippen LogP contribution in [0.5, 0.6) is 0 Å². The molecule has 16 heavy (non-hydrogen) atoms. The van der Waals surface area contributed by atoms with E-state index < -0.39 is 0 Å². The fraction of sp³-hybridized carbons (Fsp3) is 0.917. The summed E-state index contributed by atoms with van der Waals surface area (Å²) in [6.45, 7) is 6.30. The van der Waals surface area contributed by atoms with Crippen LogP contribution in [0.1, 0.15) is 26.7 Å². The molecule has 0 aromatic rings. The second-order valence-electron chi connectivity index (χ2n) is 5.00. The summed E-state index contributed by atoms with van der Waals surface area (Å²) in [6, 6.07) is 0. The second kappa shape index (κ2) is 6.21. The summed E-state index contributed by atoms with van der Waals surface area (Å²) in [7, 11) is 3.85. The normalized spacial score (nSPS) is 18.5. The summed E-state index contributed by atoms with van der Waals surface area (Å²) in [5.74, 6) is 0.230. The number of hydrogen-bond acceptors (Lipinski definition) is 3. The van der Waals surface area contributed by atoms with Crippen LogP contribution in [0.2, 0.25) is 0 Å². The molecule has 1 rings (SSSR count). The Morgan fingerprint density at radius 3 is 2.38 bits per heavy atom. The van der Waals surface area contributed by atoms with Crippen molar-refractivity contribution in [2.75, 3.05) is 33.7 Å². The lowest BCUT2D eigenvalue weighted by Gasteiger charge is -2.33. The van der Waals surface area contributed by atoms with Gasteiger partial charge >= 0.3 is 0 Å². The third-order valence-corrected chi connectivity index (χ3v) is 2.71. The number of likely N-dealkylation sites (N-methyl/N-ethyl adjacent to an activating group) is 1. The average Bonchev–Trinajstić information content (AvgIpc) is 2.16. The molecular formula is C12H24N2O2. The molecule has 0 N–H and O–H groups in total. The molecule has 0 aromatic carbocycles. The van der Waals surface area contributed by atoms with Crippen LogP contribution >= 0.6 is 0 Å². The van der Waals surface area contributed by atoms with Crippen molar-refractivity contribution in [1.29, 1.82) is 0 Å². The van der Waals surface area contributed by atoms with Crippen molar-refractivity contribution in [2.45, 2.75) is 38.9 Å². The fourth-order valence-electron chi connectivity index (χ4n) is 2.00. The fourth-order valence-corrected chi connectivity index (χ4v) is 2.00. The Morgan fingerprint density at radius 1 is 1.38 bits per heavy atom. The number of carbonyl (C=O) groups is 1. The molecule has 0 aliphatic carbocycles. The number of ether oxygens (including phenoxy) is 1. The Bertz CT molecular complexity index is 221. The van der Waals surface area contributed by atoms with E-state index in [2.05, 4.69) is 13.8 Å². The van der Waals surface area contributed by atoms with Gasteiger partial charge in [-0.1, -0.05) is 0 Å². The zero-order valence-corrected chi connectivity index (χ0v) is 10.9. The second-order valence-corrected chi connectivity index (χ2v) is 5.00. The van der Waals surface area contributed by atoms with E-state index in [1.807, 2.05) is 23.9 Å². The van der Waals surface area contributed by atoms with Gasteiger partial charge in [0.05, 0.1) is 18.8 Å². The van der Waals surface area contributed by atoms with Gasteiger partial charge in [0.2, 0.25) is 5.91 Å². The minimum atomic E-state index is 0.230. The highest BCUT2D eigenvalue weighted by Crippen LogP contribution is 2.15. The summed E-state index contributed by atoms with van der Waals surface area (Å²) in [6.07, 6.45) is 2.56. The van der Waals surface area contributed by atoms with Crippen LogP contribution in [0.3, 0.4) is 0 Å². The van der Waals surface area contributed by atoms with E-state index >= 15 is 0 Å². The summed E-state index contributed by atoms with van der Waals surface area (Å²) in [4.78, 5) is 15.6. The molecule has 0 atom stereocenters. The molecule has 0 aromatic heterocycles. The molecule has 1 aliphatic rings. The van der Waals surface area contributed by atoms with Crippen LogP contribution in [0.25, 0.3) is 0 Å². The lowest BCUT2D eigenvalue weighted by atomic mass is 10.1. The first kappa shape index (κ1) is 13.5. The molecule has 1 saturated heterocycles. The Balaban J connectivity index is 2.28. The number of hydrogen-bond donors (Lipinski definition) is 0. The van der Waals surface area contributed by atoms with E-state index in [4.69, 9.17) is 4.74 Å². The highest BCUT2D eigenvalue weighted by atomic mass is 16.5. The SMILES string of the molecule is CC(C)OC1CCN(C(=O)CN(C)C)CC1. The topological polar surface area (TPSA) is 32.8 Å². The van der Waals surface area contributed by atoms with Gasteiger partial charge < -0.3 is 14.5 Å². The first-order chi connectivity index (χ1) is 7.49. The summed E-state index contributed by atoms with van der Waals surface area (Å²) in [5, 5.41) is 0. The largest absolute Gasteiger partial charge is 0.375 e. The smallest absolute Gasteiger partial charge is 0.236 e. The van der Waals surface area contributed by atoms with Crippen LogP contribution in [0.4, 0.5) is 0 Å². The molecule has 4 heteroatoms. The molecule has 0 bridgehead atoms. The average molecular weight is 228 g/mol. The van der Waals surface area contributed by atoms with Gasteiger partial charge in [-0.2, -0.15) is 0 Å². The number of amides is 1. The van der Waals surface area contributed by atoms with E-state index in [9.17, 15) is 4.79 Å². The van der Waals surface area contributed by atoms with Gasteiger partial charge in [0.15, 0.2) is 0 Å². The van der Waals surface area contributed by atoms with E-state index in [-0.39, 0.29) is 12.0 Å². The first-order valence-electron chi connectivity index (χ1n) is 6.07. The number of piperidine rings is 1. The van der Waals surface area contributed by atoms with Crippen LogP contribution in [0, 0.1) is 0 Å². The molecule has 0 saturated carbocycles. The third-order valence-electron chi connectivity index (χ3n) is 2.71. The van der Waals surface area contributed by atoms with Gasteiger partial charge in [0.1, 0.15) is 0 Å². The summed E-state index contributed by atoms with van der Waals surface area (Å²) < 4.78 is 5.75. The van der Waals surface area contributed by atoms with Gasteiger partial charge in [-0.3, -0.25) is 4.79 Å². The number of likely N-dealkylation sites (tertiary alicyclic amines) is 1. The molecule has 1 amide bonds. The molecular weight excluding hydrogens is 204 g/mol. The van der Waals surface area contributed by atoms with Gasteiger partial charge in [0.25, 0.3) is 0 Å². The quantitative estimate of drug-likeness (QED) is 0.718. The molecule has 1 aliphatic heterocycles. The molecule has 0 unspecified atom stereocenters. The maximum atomic E-state index is 11.8. The first-order valence-corrected chi connectivity index (χ1v) is 6.07. The monoisotopic (exact) mass is 228 g/mol. The van der Waals surface area contributed by atoms with Gasteiger partial charge in [-0.15, -0.1) is 0 Å². The molecule has 0 spiro atoms. The minimum absolute atomic E-state index is 0.230. The van der Waals surface area contributed by atoms with Crippen LogP contribution < -0.4 is 0 Å². The highest BCUT2D eigenvalue weighted by molar-refractivity contribution is 5.78. The lowest BCUT2D eigenvalue weighted by molar-refractivity contribution is -0.135. The van der Waals surface area contributed by atoms with Crippen molar-refractivity contribution in [3.8, 4) is 0 Å². The van der Waals surface area contributed by atoms with E-state index in [1.165, 1.54) is 0 Å². The van der Waals surface area contributed by atoms with Crippen molar-refractivity contribution in [2.24, 2.45) is 0 Å². The molecule has 1 fully saturated rings. The number of rotatable bonds is 4. The van der Waals surface area contributed by atoms with E-state index in [1.54, 1.807) is 0 Å². The van der Waals surface area contributed by atoms with Crippen LogP contribution in [0.15, 0.2) is 0 Å². The number of carbonyl (C=O) groups excluding carboxylic acids is 1. The van der Waals surface area contributed by atoms with Gasteiger partial charge in [-0.05, 0) is 40.8 Å². The van der Waals surface area contributed by atoms with Crippen molar-refractivity contribution in [3.63, 3.8) is 0 Å². The predicted octanol–water partition coefficient (Wildman–Crippen LogP) is 0.964. The predicted molar refractivity (Wildman–Crippen MR) is 64.4 cm³/mol. The molecule has 4 nitrogen and oxygen atoms in total. The molecule has 1 heterocycles. The third kappa shape index (κ3) is 4.49. The van der Waals surface area contributed by atoms with E-state index in [0.29, 0.717) is 12.6 Å². The molecule has 94 valence electrons. The standard InChI is InChI=1S/C12H24N2O2/c1-10(2)16-11-5-7-14(8-6-11)12(15)9-13(3)4/h10-11H,5-9H2,1-4H3. The Hall–Kier alpha value is -0.610. The molecule has 0 radical (unpaired) electrons. The van der Waals surface area contributed by atoms with Crippen molar-refractivity contribution >= 4 is 5.91 Å². The lowest BCUT2D eigenvalue weighted by Crippen LogP contribution is -2.44. The zero-order valence-electron chi connectivity index (χ0n) is 10.9. The maximum absolute atomic E-state index is 11.8. The van der Waals surface area contributed by atoms with Crippen LogP contribution in [-0.2, 0) is 9.53 Å². The van der Waals surface area contributed by atoms with Gasteiger partial charge in [-0.25, -0.2) is 0 Å². The summed E-state index contributed by atoms with van der Waals surface area (Å²) >= 11 is 0. The Kier molecular flexibility index (Phi) is 5.22. The van der Waals surface area contributed by atoms with Crippen molar-refractivity contribution in [1.82, 2.24) is 9.80 Å². The van der Waals surface area contributed by atoms with Crippen molar-refractivity contribution < 1.29 is 9.53 Å². The van der Waals surface area contributed by atoms with Crippen LogP contribution in [-0.4, -0.2) is 61.6 Å². The Labute approximate surface area is 98.5 Å². The zero-order chi connectivity index (χ0) is 12.1. The van der Waals surface area contributed by atoms with Crippen molar-refractivity contribution in [3.05, 3.63) is 0 Å². The maximum Gasteiger partial charge on any atom is 0.236 e. The summed E-state index contributed by atoms with van der Waals surface area (Å²) in [5.41, 5.74) is 0. The Morgan fingerprint density at radius 2 is 1.94 bits per heavy atom. The number of nitrogens with zero attached hydrogens (tertiary/aromatic N) is 2. The minimum Gasteiger partial charge on any atom is -0.375 e. The van der Waals surface area contributed by atoms with E-state index in [0.717, 1.165) is 25.9 Å². The highest BCUT2D eigenvalue weighted by Gasteiger charge is 2.23.